The summed E-state index contributed by atoms with van der Waals surface area (Å²) in [5.41, 5.74) is 6.46. The normalized spacial score (nSPS) is 19.3. The fraction of sp³-hybridized carbons (Fsp3) is 0.469. The van der Waals surface area contributed by atoms with Crippen molar-refractivity contribution in [2.45, 2.75) is 94.6 Å². The van der Waals surface area contributed by atoms with Gasteiger partial charge < -0.3 is 24.8 Å². The number of rotatable bonds is 3. The van der Waals surface area contributed by atoms with Gasteiger partial charge in [-0.25, -0.2) is 0 Å². The molecule has 0 aliphatic heterocycles. The van der Waals surface area contributed by atoms with E-state index in [2.05, 4.69) is 60.7 Å². The largest absolute Gasteiger partial charge is 3.00 e. The van der Waals surface area contributed by atoms with Gasteiger partial charge in [0, 0.05) is 8.41 Å². The standard InChI is InChI=1S/C32H37Si.2ClH.Zr/c1-2-6-17-26(16-5-1)33(27-18-7-3-4-8-19-27)31-22-21-29-28-20-12-11-15-25(28)23-30(29)32(31)24-13-9-10-14-24;;;/h9-13,15,20-22,26-27H,1-8,14,16-19H2;2*1H;/q-1;;;+3/p-2. The van der Waals surface area contributed by atoms with Gasteiger partial charge in [0.2, 0.25) is 0 Å². The van der Waals surface area contributed by atoms with Crippen LogP contribution in [0.2, 0.25) is 11.1 Å². The van der Waals surface area contributed by atoms with E-state index in [1.807, 2.05) is 0 Å². The number of hydrogen-bond acceptors (Lipinski definition) is 0. The molecule has 2 fully saturated rings. The molecule has 0 nitrogen and oxygen atoms in total. The van der Waals surface area contributed by atoms with Crippen molar-refractivity contribution in [2.24, 2.45) is 0 Å². The summed E-state index contributed by atoms with van der Waals surface area (Å²) in [7, 11) is -0.652. The Kier molecular flexibility index (Phi) is 11.7. The molecule has 0 atom stereocenters. The number of halogens is 2. The molecule has 2 saturated carbocycles. The first-order valence-corrected chi connectivity index (χ1v) is 15.3. The molecule has 2 aromatic rings. The van der Waals surface area contributed by atoms with Crippen molar-refractivity contribution in [1.82, 2.24) is 0 Å². The number of allylic oxidation sites excluding steroid dienone is 4. The van der Waals surface area contributed by atoms with Crippen LogP contribution in [0.1, 0.15) is 94.6 Å². The fourth-order valence-corrected chi connectivity index (χ4v) is 11.5. The topological polar surface area (TPSA) is 0 Å². The summed E-state index contributed by atoms with van der Waals surface area (Å²) in [4.78, 5) is 1.77. The van der Waals surface area contributed by atoms with Gasteiger partial charge >= 0.3 is 26.2 Å². The molecule has 0 bridgehead atoms. The Balaban J connectivity index is 0.00000120. The van der Waals surface area contributed by atoms with Crippen LogP contribution in [0.15, 0.2) is 54.6 Å². The summed E-state index contributed by atoms with van der Waals surface area (Å²) < 4.78 is 0. The minimum Gasteiger partial charge on any atom is -1.00 e. The minimum absolute atomic E-state index is 0. The van der Waals surface area contributed by atoms with E-state index < -0.39 is 8.41 Å². The van der Waals surface area contributed by atoms with Gasteiger partial charge in [0.15, 0.2) is 0 Å². The summed E-state index contributed by atoms with van der Waals surface area (Å²) >= 11 is 0. The average Bonchev–Trinajstić information content (AvgIpc) is 3.31. The zero-order valence-electron chi connectivity index (χ0n) is 21.3. The molecule has 187 valence electrons. The first-order chi connectivity index (χ1) is 16.4. The molecular weight excluding hydrogens is 575 g/mol. The van der Waals surface area contributed by atoms with Crippen molar-refractivity contribution in [1.29, 1.82) is 0 Å². The Morgan fingerprint density at radius 3 is 1.89 bits per heavy atom. The summed E-state index contributed by atoms with van der Waals surface area (Å²) in [6, 6.07) is 14.0. The molecule has 0 N–H and O–H groups in total. The van der Waals surface area contributed by atoms with Gasteiger partial charge in [0.25, 0.3) is 0 Å². The molecular formula is C32H37Cl2SiZr. The third-order valence-electron chi connectivity index (χ3n) is 8.68. The van der Waals surface area contributed by atoms with Crippen LogP contribution in [0.5, 0.6) is 0 Å². The monoisotopic (exact) mass is 609 g/mol. The Morgan fingerprint density at radius 2 is 1.31 bits per heavy atom. The van der Waals surface area contributed by atoms with E-state index in [0.717, 1.165) is 17.5 Å². The van der Waals surface area contributed by atoms with Crippen molar-refractivity contribution in [2.75, 3.05) is 0 Å². The fourth-order valence-electron chi connectivity index (χ4n) is 7.08. The Morgan fingerprint density at radius 1 is 0.694 bits per heavy atom. The first-order valence-electron chi connectivity index (χ1n) is 13.7. The van der Waals surface area contributed by atoms with E-state index in [-0.39, 0.29) is 51.0 Å². The van der Waals surface area contributed by atoms with Crippen molar-refractivity contribution in [3.05, 3.63) is 86.2 Å². The van der Waals surface area contributed by atoms with Gasteiger partial charge in [0.05, 0.1) is 0 Å². The van der Waals surface area contributed by atoms with Crippen molar-refractivity contribution < 1.29 is 51.0 Å². The summed E-state index contributed by atoms with van der Waals surface area (Å²) in [5.74, 6) is 0. The smallest absolute Gasteiger partial charge is 1.00 e. The van der Waals surface area contributed by atoms with Gasteiger partial charge in [-0.15, -0.1) is 33.4 Å². The Labute approximate surface area is 250 Å². The third-order valence-corrected chi connectivity index (χ3v) is 12.6. The molecule has 4 heteroatoms. The second-order valence-electron chi connectivity index (χ2n) is 10.7. The van der Waals surface area contributed by atoms with Gasteiger partial charge in [-0.2, -0.15) is 0 Å². The zero-order chi connectivity index (χ0) is 22.0. The molecule has 4 aliphatic rings. The summed E-state index contributed by atoms with van der Waals surface area (Å²) in [6.45, 7) is 0. The predicted octanol–water partition coefficient (Wildman–Crippen LogP) is 2.12. The maximum atomic E-state index is 3.90. The molecule has 0 heterocycles. The van der Waals surface area contributed by atoms with Crippen LogP contribution in [0, 0.1) is 15.3 Å². The van der Waals surface area contributed by atoms with Crippen molar-refractivity contribution in [3.8, 4) is 0 Å². The number of hydrogen-bond donors (Lipinski definition) is 0. The zero-order valence-corrected chi connectivity index (χ0v) is 26.3. The van der Waals surface area contributed by atoms with Crippen LogP contribution in [-0.2, 0) is 26.2 Å². The SMILES string of the molecule is [C-]1=c2ccccc2=c2ccc(=[Si](C3CCCCCC3)C3CCCCCC3)c(C3=CC=CC3)c21.[Cl-].[Cl-].[Zr+3]. The van der Waals surface area contributed by atoms with Gasteiger partial charge in [-0.05, 0) is 43.2 Å². The van der Waals surface area contributed by atoms with Crippen LogP contribution in [0.3, 0.4) is 0 Å². The Hall–Kier alpha value is -0.530. The summed E-state index contributed by atoms with van der Waals surface area (Å²) in [6.07, 6.45) is 29.6. The molecule has 0 spiro atoms. The van der Waals surface area contributed by atoms with Crippen molar-refractivity contribution in [3.63, 3.8) is 0 Å². The second-order valence-corrected chi connectivity index (χ2v) is 13.8. The summed E-state index contributed by atoms with van der Waals surface area (Å²) in [5, 5.41) is 4.08. The van der Waals surface area contributed by atoms with Crippen LogP contribution < -0.4 is 30.0 Å². The van der Waals surface area contributed by atoms with Gasteiger partial charge in [-0.1, -0.05) is 116 Å². The average molecular weight is 612 g/mol. The molecule has 0 saturated heterocycles. The number of benzene rings is 2. The molecule has 36 heavy (non-hydrogen) atoms. The van der Waals surface area contributed by atoms with Crippen LogP contribution in [0.25, 0.3) is 11.6 Å². The predicted molar refractivity (Wildman–Crippen MR) is 142 cm³/mol. The van der Waals surface area contributed by atoms with E-state index in [0.29, 0.717) is 0 Å². The van der Waals surface area contributed by atoms with Gasteiger partial charge in [-0.3, -0.25) is 0 Å². The molecule has 6 rings (SSSR count). The maximum Gasteiger partial charge on any atom is 3.00 e. The van der Waals surface area contributed by atoms with E-state index in [1.165, 1.54) is 98.3 Å². The van der Waals surface area contributed by atoms with Crippen LogP contribution >= 0.6 is 0 Å². The third kappa shape index (κ3) is 6.03. The second kappa shape index (κ2) is 14.0. The first kappa shape index (κ1) is 30.0. The Bertz CT molecular complexity index is 1290. The minimum atomic E-state index is -0.652. The number of fused-ring (bicyclic) bond motifs is 2. The van der Waals surface area contributed by atoms with E-state index in [9.17, 15) is 0 Å². The van der Waals surface area contributed by atoms with E-state index in [1.54, 1.807) is 16.0 Å². The molecule has 0 aromatic heterocycles. The molecule has 1 radical (unpaired) electrons. The van der Waals surface area contributed by atoms with Crippen LogP contribution in [-0.4, -0.2) is 8.41 Å². The van der Waals surface area contributed by atoms with E-state index >= 15 is 0 Å². The molecule has 0 amide bonds. The van der Waals surface area contributed by atoms with E-state index in [4.69, 9.17) is 0 Å². The molecule has 4 aliphatic carbocycles. The quantitative estimate of drug-likeness (QED) is 0.242. The maximum absolute atomic E-state index is 3.90. The molecule has 0 unspecified atom stereocenters. The van der Waals surface area contributed by atoms with Gasteiger partial charge in [0.1, 0.15) is 0 Å². The van der Waals surface area contributed by atoms with Crippen molar-refractivity contribution >= 4 is 20.1 Å². The van der Waals surface area contributed by atoms with Crippen LogP contribution in [0.4, 0.5) is 0 Å². The molecule has 2 aromatic carbocycles.